The molecule has 0 amide bonds. The molecule has 0 aliphatic rings. The summed E-state index contributed by atoms with van der Waals surface area (Å²) in [6.45, 7) is 3.86. The van der Waals surface area contributed by atoms with Crippen molar-refractivity contribution in [1.29, 1.82) is 0 Å². The van der Waals surface area contributed by atoms with E-state index < -0.39 is 6.10 Å². The summed E-state index contributed by atoms with van der Waals surface area (Å²) in [4.78, 5) is 11.5. The third-order valence-corrected chi connectivity index (χ3v) is 2.34. The number of hydrogen-bond donors (Lipinski definition) is 1. The minimum absolute atomic E-state index is 0.185. The van der Waals surface area contributed by atoms with Crippen LogP contribution in [0, 0.1) is 0 Å². The Hall–Kier alpha value is -1.15. The quantitative estimate of drug-likeness (QED) is 0.742. The summed E-state index contributed by atoms with van der Waals surface area (Å²) in [6, 6.07) is 7.41. The van der Waals surface area contributed by atoms with E-state index in [9.17, 15) is 9.90 Å². The Morgan fingerprint density at radius 3 is 2.29 bits per heavy atom. The number of aliphatic hydroxyl groups excluding tert-OH is 1. The predicted molar refractivity (Wildman–Crippen MR) is 56.4 cm³/mol. The number of aryl methyl sites for hydroxylation is 1. The Balaban J connectivity index is 2.81. The van der Waals surface area contributed by atoms with Crippen LogP contribution in [0.3, 0.4) is 0 Å². The number of benzene rings is 1. The van der Waals surface area contributed by atoms with Crippen LogP contribution in [0.2, 0.25) is 0 Å². The highest BCUT2D eigenvalue weighted by Crippen LogP contribution is 2.08. The van der Waals surface area contributed by atoms with Gasteiger partial charge in [0.25, 0.3) is 0 Å². The van der Waals surface area contributed by atoms with Gasteiger partial charge >= 0.3 is 0 Å². The monoisotopic (exact) mass is 192 g/mol. The molecule has 0 spiro atoms. The number of ketones is 1. The van der Waals surface area contributed by atoms with Crippen molar-refractivity contribution >= 4 is 5.78 Å². The van der Waals surface area contributed by atoms with E-state index in [2.05, 4.69) is 6.92 Å². The van der Waals surface area contributed by atoms with Gasteiger partial charge in [-0.2, -0.15) is 0 Å². The van der Waals surface area contributed by atoms with Crippen molar-refractivity contribution in [3.63, 3.8) is 0 Å². The van der Waals surface area contributed by atoms with Crippen molar-refractivity contribution in [1.82, 2.24) is 0 Å². The van der Waals surface area contributed by atoms with E-state index in [0.717, 1.165) is 6.42 Å². The summed E-state index contributed by atoms with van der Waals surface area (Å²) < 4.78 is 0. The molecule has 0 aliphatic heterocycles. The third-order valence-electron chi connectivity index (χ3n) is 2.34. The molecule has 0 fully saturated rings. The smallest absolute Gasteiger partial charge is 0.191 e. The lowest BCUT2D eigenvalue weighted by molar-refractivity contribution is 0.0740. The second-order valence-corrected chi connectivity index (χ2v) is 3.34. The van der Waals surface area contributed by atoms with Gasteiger partial charge in [0.1, 0.15) is 6.10 Å². The molecule has 2 nitrogen and oxygen atoms in total. The molecule has 0 saturated heterocycles. The van der Waals surface area contributed by atoms with E-state index in [1.807, 2.05) is 12.1 Å². The number of carbonyl (C=O) groups excluding carboxylic acids is 1. The summed E-state index contributed by atoms with van der Waals surface area (Å²) >= 11 is 0. The lowest BCUT2D eigenvalue weighted by atomic mass is 10.0. The minimum atomic E-state index is -0.859. The molecular formula is C12H16O2. The molecule has 76 valence electrons. The van der Waals surface area contributed by atoms with Crippen LogP contribution < -0.4 is 0 Å². The summed E-state index contributed by atoms with van der Waals surface area (Å²) in [5.41, 5.74) is 1.80. The summed E-state index contributed by atoms with van der Waals surface area (Å²) in [6.07, 6.45) is 0.571. The van der Waals surface area contributed by atoms with Crippen molar-refractivity contribution in [2.75, 3.05) is 0 Å². The molecule has 1 rings (SSSR count). The van der Waals surface area contributed by atoms with E-state index in [4.69, 9.17) is 0 Å². The van der Waals surface area contributed by atoms with Gasteiger partial charge in [0.2, 0.25) is 0 Å². The normalized spacial score (nSPS) is 12.5. The van der Waals surface area contributed by atoms with Gasteiger partial charge in [0, 0.05) is 5.56 Å². The summed E-state index contributed by atoms with van der Waals surface area (Å²) in [5, 5.41) is 9.36. The molecule has 1 N–H and O–H groups in total. The number of hydrogen-bond acceptors (Lipinski definition) is 2. The highest BCUT2D eigenvalue weighted by Gasteiger charge is 2.14. The molecule has 1 aromatic rings. The predicted octanol–water partition coefficient (Wildman–Crippen LogP) is 2.20. The molecule has 1 aromatic carbocycles. The number of aliphatic hydroxyl groups is 1. The largest absolute Gasteiger partial charge is 0.385 e. The van der Waals surface area contributed by atoms with Crippen LogP contribution in [-0.2, 0) is 6.42 Å². The van der Waals surface area contributed by atoms with Crippen LogP contribution in [0.5, 0.6) is 0 Å². The van der Waals surface area contributed by atoms with Crippen LogP contribution in [0.1, 0.15) is 36.2 Å². The van der Waals surface area contributed by atoms with E-state index in [1.54, 1.807) is 19.1 Å². The average Bonchev–Trinajstić information content (AvgIpc) is 2.27. The first kappa shape index (κ1) is 10.9. The molecule has 1 unspecified atom stereocenters. The maximum atomic E-state index is 11.5. The highest BCUT2D eigenvalue weighted by atomic mass is 16.3. The van der Waals surface area contributed by atoms with Crippen molar-refractivity contribution in [2.24, 2.45) is 0 Å². The van der Waals surface area contributed by atoms with Crippen LogP contribution in [0.25, 0.3) is 0 Å². The molecule has 0 saturated carbocycles. The molecule has 0 radical (unpaired) electrons. The second-order valence-electron chi connectivity index (χ2n) is 3.34. The fourth-order valence-corrected chi connectivity index (χ4v) is 1.28. The highest BCUT2D eigenvalue weighted by molar-refractivity contribution is 5.99. The molecule has 0 bridgehead atoms. The Morgan fingerprint density at radius 1 is 1.29 bits per heavy atom. The van der Waals surface area contributed by atoms with Gasteiger partial charge in [0.05, 0.1) is 0 Å². The maximum Gasteiger partial charge on any atom is 0.191 e. The molecule has 0 aromatic heterocycles. The average molecular weight is 192 g/mol. The van der Waals surface area contributed by atoms with Gasteiger partial charge in [-0.05, 0) is 18.4 Å². The first-order chi connectivity index (χ1) is 6.69. The molecule has 0 heterocycles. The van der Waals surface area contributed by atoms with Gasteiger partial charge in [-0.15, -0.1) is 0 Å². The first-order valence-electron chi connectivity index (χ1n) is 5.00. The van der Waals surface area contributed by atoms with E-state index >= 15 is 0 Å². The molecule has 0 aliphatic carbocycles. The van der Waals surface area contributed by atoms with Crippen molar-refractivity contribution in [3.05, 3.63) is 35.4 Å². The Labute approximate surface area is 84.6 Å². The van der Waals surface area contributed by atoms with Crippen molar-refractivity contribution in [3.8, 4) is 0 Å². The fourth-order valence-electron chi connectivity index (χ4n) is 1.28. The molecule has 1 atom stereocenters. The fraction of sp³-hybridized carbons (Fsp3) is 0.417. The lowest BCUT2D eigenvalue weighted by Crippen LogP contribution is -2.19. The lowest BCUT2D eigenvalue weighted by Gasteiger charge is -2.06. The van der Waals surface area contributed by atoms with Crippen LogP contribution in [-0.4, -0.2) is 17.0 Å². The Kier molecular flexibility index (Phi) is 3.84. The van der Waals surface area contributed by atoms with E-state index in [1.165, 1.54) is 5.56 Å². The van der Waals surface area contributed by atoms with Crippen molar-refractivity contribution < 1.29 is 9.90 Å². The molecular weight excluding hydrogens is 176 g/mol. The SMILES string of the molecule is CCc1ccc(C(=O)C(O)CC)cc1. The van der Waals surface area contributed by atoms with Gasteiger partial charge in [-0.25, -0.2) is 0 Å². The second kappa shape index (κ2) is 4.91. The number of rotatable bonds is 4. The zero-order chi connectivity index (χ0) is 10.6. The van der Waals surface area contributed by atoms with Crippen molar-refractivity contribution in [2.45, 2.75) is 32.8 Å². The van der Waals surface area contributed by atoms with E-state index in [-0.39, 0.29) is 5.78 Å². The van der Waals surface area contributed by atoms with Crippen LogP contribution >= 0.6 is 0 Å². The number of carbonyl (C=O) groups is 1. The summed E-state index contributed by atoms with van der Waals surface area (Å²) in [7, 11) is 0. The van der Waals surface area contributed by atoms with Gasteiger partial charge in [-0.1, -0.05) is 38.1 Å². The van der Waals surface area contributed by atoms with Gasteiger partial charge < -0.3 is 5.11 Å². The minimum Gasteiger partial charge on any atom is -0.385 e. The Bertz CT molecular complexity index is 301. The van der Waals surface area contributed by atoms with Crippen LogP contribution in [0.15, 0.2) is 24.3 Å². The topological polar surface area (TPSA) is 37.3 Å². The zero-order valence-corrected chi connectivity index (χ0v) is 8.66. The Morgan fingerprint density at radius 2 is 1.86 bits per heavy atom. The maximum absolute atomic E-state index is 11.5. The summed E-state index contributed by atoms with van der Waals surface area (Å²) in [5.74, 6) is -0.185. The zero-order valence-electron chi connectivity index (χ0n) is 8.66. The van der Waals surface area contributed by atoms with Gasteiger partial charge in [-0.3, -0.25) is 4.79 Å². The van der Waals surface area contributed by atoms with E-state index in [0.29, 0.717) is 12.0 Å². The standard InChI is InChI=1S/C12H16O2/c1-3-9-5-7-10(8-6-9)12(14)11(13)4-2/h5-8,11,13H,3-4H2,1-2H3. The molecule has 14 heavy (non-hydrogen) atoms. The third kappa shape index (κ3) is 2.42. The van der Waals surface area contributed by atoms with Crippen LogP contribution in [0.4, 0.5) is 0 Å². The first-order valence-corrected chi connectivity index (χ1v) is 5.00. The van der Waals surface area contributed by atoms with Gasteiger partial charge in [0.15, 0.2) is 5.78 Å². The number of Topliss-reactive ketones (excluding diaryl/α,β-unsaturated/α-hetero) is 1. The molecule has 2 heteroatoms.